The van der Waals surface area contributed by atoms with E-state index in [2.05, 4.69) is 16.7 Å². The van der Waals surface area contributed by atoms with Crippen LogP contribution in [0.4, 0.5) is 10.5 Å². The Kier molecular flexibility index (Phi) is 5.48. The molecule has 0 bridgehead atoms. The largest absolute Gasteiger partial charge is 0.323 e. The van der Waals surface area contributed by atoms with Gasteiger partial charge < -0.3 is 10.6 Å². The zero-order valence-corrected chi connectivity index (χ0v) is 12.5. The number of nitrogens with one attached hydrogen (secondary N) is 2. The minimum Gasteiger partial charge on any atom is -0.315 e. The lowest BCUT2D eigenvalue weighted by molar-refractivity contribution is 0.255. The van der Waals surface area contributed by atoms with Crippen molar-refractivity contribution in [1.29, 1.82) is 0 Å². The fourth-order valence-corrected chi connectivity index (χ4v) is 2.66. The number of halogens is 1. The van der Waals surface area contributed by atoms with Gasteiger partial charge in [-0.3, -0.25) is 0 Å². The maximum absolute atomic E-state index is 11.8. The molecule has 1 aliphatic rings. The number of allylic oxidation sites excluding steroid dienone is 1. The summed E-state index contributed by atoms with van der Waals surface area (Å²) in [6, 6.07) is 5.24. The normalized spacial score (nSPS) is 16.3. The summed E-state index contributed by atoms with van der Waals surface area (Å²) in [7, 11) is 0. The first-order chi connectivity index (χ1) is 9.66. The van der Waals surface area contributed by atoms with Gasteiger partial charge in [-0.15, -0.1) is 0 Å². The molecular weight excluding hydrogens is 272 g/mol. The van der Waals surface area contributed by atoms with Crippen molar-refractivity contribution in [2.75, 3.05) is 5.32 Å². The zero-order chi connectivity index (χ0) is 14.4. The van der Waals surface area contributed by atoms with Crippen molar-refractivity contribution < 1.29 is 4.79 Å². The average Bonchev–Trinajstić information content (AvgIpc) is 2.45. The molecule has 2 amide bonds. The molecule has 1 aromatic rings. The van der Waals surface area contributed by atoms with Crippen LogP contribution in [0.2, 0.25) is 5.02 Å². The fraction of sp³-hybridized carbons (Fsp3) is 0.438. The number of rotatable bonds is 3. The quantitative estimate of drug-likeness (QED) is 0.820. The lowest BCUT2D eigenvalue weighted by Gasteiger charge is -2.17. The van der Waals surface area contributed by atoms with E-state index in [9.17, 15) is 4.79 Å². The molecule has 1 fully saturated rings. The van der Waals surface area contributed by atoms with Crippen LogP contribution in [0.25, 0.3) is 0 Å². The Hall–Kier alpha value is -1.48. The van der Waals surface area contributed by atoms with Gasteiger partial charge in [0.1, 0.15) is 0 Å². The standard InChI is InChI=1S/C16H21ClN2O/c1-12-14(17)8-5-9-15(12)19-16(20)18-11-10-13-6-3-2-4-7-13/h5,8-11,13H,2-4,6-7H2,1H3,(H2,18,19,20)/b11-10+. The van der Waals surface area contributed by atoms with E-state index in [0.29, 0.717) is 10.9 Å². The van der Waals surface area contributed by atoms with Crippen molar-refractivity contribution >= 4 is 23.3 Å². The highest BCUT2D eigenvalue weighted by Crippen LogP contribution is 2.24. The van der Waals surface area contributed by atoms with Crippen LogP contribution in [0.15, 0.2) is 30.5 Å². The van der Waals surface area contributed by atoms with E-state index in [4.69, 9.17) is 11.6 Å². The summed E-state index contributed by atoms with van der Waals surface area (Å²) in [6.07, 6.45) is 10.2. The van der Waals surface area contributed by atoms with Gasteiger partial charge in [0.05, 0.1) is 0 Å². The van der Waals surface area contributed by atoms with Crippen molar-refractivity contribution in [2.45, 2.75) is 39.0 Å². The zero-order valence-electron chi connectivity index (χ0n) is 11.8. The van der Waals surface area contributed by atoms with Crippen LogP contribution in [-0.4, -0.2) is 6.03 Å². The fourth-order valence-electron chi connectivity index (χ4n) is 2.49. The Bertz CT molecular complexity index is 493. The monoisotopic (exact) mass is 292 g/mol. The Morgan fingerprint density at radius 3 is 2.80 bits per heavy atom. The molecule has 0 aliphatic heterocycles. The molecule has 2 rings (SSSR count). The highest BCUT2D eigenvalue weighted by molar-refractivity contribution is 6.31. The van der Waals surface area contributed by atoms with E-state index < -0.39 is 0 Å². The molecule has 0 unspecified atom stereocenters. The van der Waals surface area contributed by atoms with Gasteiger partial charge in [-0.1, -0.05) is 43.0 Å². The molecule has 3 nitrogen and oxygen atoms in total. The molecular formula is C16H21ClN2O. The SMILES string of the molecule is Cc1c(Cl)cccc1NC(=O)N/C=C/C1CCCCC1. The molecule has 0 aromatic heterocycles. The van der Waals surface area contributed by atoms with Crippen LogP contribution >= 0.6 is 11.6 Å². The van der Waals surface area contributed by atoms with E-state index in [1.165, 1.54) is 32.1 Å². The van der Waals surface area contributed by atoms with Crippen LogP contribution in [-0.2, 0) is 0 Å². The molecule has 1 saturated carbocycles. The van der Waals surface area contributed by atoms with Crippen molar-refractivity contribution in [3.8, 4) is 0 Å². The van der Waals surface area contributed by atoms with Gasteiger partial charge in [0, 0.05) is 16.9 Å². The molecule has 20 heavy (non-hydrogen) atoms. The summed E-state index contributed by atoms with van der Waals surface area (Å²) in [5.41, 5.74) is 1.61. The molecule has 1 aromatic carbocycles. The second kappa shape index (κ2) is 7.34. The predicted octanol–water partition coefficient (Wildman–Crippen LogP) is 4.86. The number of urea groups is 1. The van der Waals surface area contributed by atoms with Crippen LogP contribution in [0.3, 0.4) is 0 Å². The molecule has 0 radical (unpaired) electrons. The van der Waals surface area contributed by atoms with Crippen LogP contribution in [0.1, 0.15) is 37.7 Å². The summed E-state index contributed by atoms with van der Waals surface area (Å²) >= 11 is 6.02. The van der Waals surface area contributed by atoms with Gasteiger partial charge in [0.25, 0.3) is 0 Å². The van der Waals surface area contributed by atoms with E-state index in [1.807, 2.05) is 25.1 Å². The summed E-state index contributed by atoms with van der Waals surface area (Å²) in [5.74, 6) is 0.608. The summed E-state index contributed by atoms with van der Waals surface area (Å²) in [6.45, 7) is 1.88. The summed E-state index contributed by atoms with van der Waals surface area (Å²) in [4.78, 5) is 11.8. The first-order valence-electron chi connectivity index (χ1n) is 7.16. The molecule has 1 aliphatic carbocycles. The highest BCUT2D eigenvalue weighted by atomic mass is 35.5. The molecule has 0 atom stereocenters. The number of hydrogen-bond donors (Lipinski definition) is 2. The molecule has 0 heterocycles. The second-order valence-electron chi connectivity index (χ2n) is 5.27. The number of hydrogen-bond acceptors (Lipinski definition) is 1. The lowest BCUT2D eigenvalue weighted by atomic mass is 9.89. The van der Waals surface area contributed by atoms with E-state index in [1.54, 1.807) is 6.20 Å². The maximum atomic E-state index is 11.8. The third-order valence-corrected chi connectivity index (χ3v) is 4.16. The highest BCUT2D eigenvalue weighted by Gasteiger charge is 2.10. The number of amides is 2. The van der Waals surface area contributed by atoms with Gasteiger partial charge in [0.15, 0.2) is 0 Å². The van der Waals surface area contributed by atoms with Gasteiger partial charge in [0.2, 0.25) is 0 Å². The van der Waals surface area contributed by atoms with E-state index in [0.717, 1.165) is 11.3 Å². The third-order valence-electron chi connectivity index (χ3n) is 3.75. The van der Waals surface area contributed by atoms with Crippen molar-refractivity contribution in [1.82, 2.24) is 5.32 Å². The minimum absolute atomic E-state index is 0.234. The number of benzene rings is 1. The number of anilines is 1. The maximum Gasteiger partial charge on any atom is 0.323 e. The Labute approximate surface area is 125 Å². The van der Waals surface area contributed by atoms with Crippen LogP contribution in [0, 0.1) is 12.8 Å². The molecule has 2 N–H and O–H groups in total. The average molecular weight is 293 g/mol. The van der Waals surface area contributed by atoms with Crippen molar-refractivity contribution in [3.63, 3.8) is 0 Å². The first-order valence-corrected chi connectivity index (χ1v) is 7.54. The van der Waals surface area contributed by atoms with Gasteiger partial charge in [-0.25, -0.2) is 4.79 Å². The molecule has 0 saturated heterocycles. The van der Waals surface area contributed by atoms with Gasteiger partial charge in [-0.2, -0.15) is 0 Å². The van der Waals surface area contributed by atoms with Crippen molar-refractivity contribution in [2.24, 2.45) is 5.92 Å². The summed E-state index contributed by atoms with van der Waals surface area (Å²) in [5, 5.41) is 6.21. The van der Waals surface area contributed by atoms with Gasteiger partial charge in [-0.05, 0) is 43.4 Å². The predicted molar refractivity (Wildman–Crippen MR) is 84.1 cm³/mol. The number of carbonyl (C=O) groups is 1. The molecule has 108 valence electrons. The van der Waals surface area contributed by atoms with Crippen LogP contribution < -0.4 is 10.6 Å². The van der Waals surface area contributed by atoms with E-state index in [-0.39, 0.29) is 6.03 Å². The van der Waals surface area contributed by atoms with Crippen molar-refractivity contribution in [3.05, 3.63) is 41.1 Å². The number of carbonyl (C=O) groups excluding carboxylic acids is 1. The minimum atomic E-state index is -0.234. The smallest absolute Gasteiger partial charge is 0.315 e. The van der Waals surface area contributed by atoms with E-state index >= 15 is 0 Å². The molecule has 0 spiro atoms. The van der Waals surface area contributed by atoms with Crippen LogP contribution in [0.5, 0.6) is 0 Å². The third kappa shape index (κ3) is 4.27. The van der Waals surface area contributed by atoms with Gasteiger partial charge >= 0.3 is 6.03 Å². The topological polar surface area (TPSA) is 41.1 Å². The Morgan fingerprint density at radius 1 is 1.30 bits per heavy atom. The molecule has 4 heteroatoms. The Balaban J connectivity index is 1.83. The second-order valence-corrected chi connectivity index (χ2v) is 5.68. The summed E-state index contributed by atoms with van der Waals surface area (Å²) < 4.78 is 0. The first kappa shape index (κ1) is 14.9. The lowest BCUT2D eigenvalue weighted by Crippen LogP contribution is -2.24. The Morgan fingerprint density at radius 2 is 2.05 bits per heavy atom.